The van der Waals surface area contributed by atoms with Gasteiger partial charge in [0.2, 0.25) is 0 Å². The molecule has 4 nitrogen and oxygen atoms in total. The highest BCUT2D eigenvalue weighted by Gasteiger charge is 2.15. The van der Waals surface area contributed by atoms with Crippen LogP contribution in [0.3, 0.4) is 0 Å². The average Bonchev–Trinajstić information content (AvgIpc) is 2.96. The molecule has 1 aromatic heterocycles. The van der Waals surface area contributed by atoms with Gasteiger partial charge in [-0.2, -0.15) is 0 Å². The lowest BCUT2D eigenvalue weighted by Gasteiger charge is -2.13. The number of nitrogens with one attached hydrogen (secondary N) is 2. The molecule has 1 aliphatic carbocycles. The van der Waals surface area contributed by atoms with Crippen molar-refractivity contribution in [1.82, 2.24) is 10.3 Å². The highest BCUT2D eigenvalue weighted by atomic mass is 16.1. The second-order valence-electron chi connectivity index (χ2n) is 5.52. The van der Waals surface area contributed by atoms with Gasteiger partial charge in [-0.1, -0.05) is 32.6 Å². The maximum absolute atomic E-state index is 12.0. The van der Waals surface area contributed by atoms with Crippen LogP contribution in [-0.4, -0.2) is 23.5 Å². The number of carbonyl (C=O) groups excluding carboxylic acids is 1. The summed E-state index contributed by atoms with van der Waals surface area (Å²) in [6, 6.07) is 4.15. The fourth-order valence-corrected chi connectivity index (χ4v) is 2.61. The van der Waals surface area contributed by atoms with Crippen molar-refractivity contribution in [2.24, 2.45) is 0 Å². The molecule has 0 radical (unpaired) electrons. The van der Waals surface area contributed by atoms with E-state index in [2.05, 4.69) is 22.5 Å². The number of nitrogens with zero attached hydrogens (tertiary/aromatic N) is 1. The standard InChI is InChI=1S/C16H25N3O/c1-2-3-6-10-18-16(20)13-9-11-17-15(12-13)19-14-7-4-5-8-14/h9,11-12,14H,2-8,10H2,1H3,(H,17,19)(H,18,20). The number of unbranched alkanes of at least 4 members (excludes halogenated alkanes) is 2. The van der Waals surface area contributed by atoms with E-state index in [1.165, 1.54) is 32.1 Å². The molecule has 0 spiro atoms. The highest BCUT2D eigenvalue weighted by molar-refractivity contribution is 5.94. The normalized spacial score (nSPS) is 15.2. The van der Waals surface area contributed by atoms with Gasteiger partial charge in [0.25, 0.3) is 5.91 Å². The van der Waals surface area contributed by atoms with Crippen molar-refractivity contribution in [3.63, 3.8) is 0 Å². The number of carbonyl (C=O) groups is 1. The lowest BCUT2D eigenvalue weighted by atomic mass is 10.2. The van der Waals surface area contributed by atoms with Crippen LogP contribution in [0, 0.1) is 0 Å². The summed E-state index contributed by atoms with van der Waals surface area (Å²) in [6.07, 6.45) is 10.1. The zero-order chi connectivity index (χ0) is 14.2. The molecular formula is C16H25N3O. The smallest absolute Gasteiger partial charge is 0.251 e. The molecule has 1 saturated carbocycles. The van der Waals surface area contributed by atoms with Gasteiger partial charge in [-0.3, -0.25) is 4.79 Å². The summed E-state index contributed by atoms with van der Waals surface area (Å²) in [7, 11) is 0. The van der Waals surface area contributed by atoms with E-state index in [4.69, 9.17) is 0 Å². The molecule has 0 aliphatic heterocycles. The van der Waals surface area contributed by atoms with E-state index < -0.39 is 0 Å². The fraction of sp³-hybridized carbons (Fsp3) is 0.625. The summed E-state index contributed by atoms with van der Waals surface area (Å²) in [4.78, 5) is 16.3. The number of hydrogen-bond acceptors (Lipinski definition) is 3. The van der Waals surface area contributed by atoms with Gasteiger partial charge in [0.05, 0.1) is 0 Å². The third-order valence-electron chi connectivity index (χ3n) is 3.80. The highest BCUT2D eigenvalue weighted by Crippen LogP contribution is 2.21. The molecule has 4 heteroatoms. The Morgan fingerprint density at radius 3 is 2.90 bits per heavy atom. The first-order valence-corrected chi connectivity index (χ1v) is 7.80. The second kappa shape index (κ2) is 7.88. The van der Waals surface area contributed by atoms with Crippen molar-refractivity contribution < 1.29 is 4.79 Å². The molecule has 0 unspecified atom stereocenters. The lowest BCUT2D eigenvalue weighted by molar-refractivity contribution is 0.0953. The monoisotopic (exact) mass is 275 g/mol. The number of rotatable bonds is 7. The van der Waals surface area contributed by atoms with Gasteiger partial charge in [-0.05, 0) is 31.4 Å². The quantitative estimate of drug-likeness (QED) is 0.750. The Hall–Kier alpha value is -1.58. The van der Waals surface area contributed by atoms with Crippen LogP contribution in [0.2, 0.25) is 0 Å². The van der Waals surface area contributed by atoms with E-state index >= 15 is 0 Å². The molecule has 1 aromatic rings. The summed E-state index contributed by atoms with van der Waals surface area (Å²) < 4.78 is 0. The Balaban J connectivity index is 1.86. The summed E-state index contributed by atoms with van der Waals surface area (Å²) in [6.45, 7) is 2.91. The Kier molecular flexibility index (Phi) is 5.84. The summed E-state index contributed by atoms with van der Waals surface area (Å²) in [5.41, 5.74) is 0.692. The maximum atomic E-state index is 12.0. The van der Waals surface area contributed by atoms with E-state index in [-0.39, 0.29) is 5.91 Å². The maximum Gasteiger partial charge on any atom is 0.251 e. The largest absolute Gasteiger partial charge is 0.367 e. The van der Waals surface area contributed by atoms with Gasteiger partial charge < -0.3 is 10.6 Å². The molecular weight excluding hydrogens is 250 g/mol. The Morgan fingerprint density at radius 1 is 1.35 bits per heavy atom. The van der Waals surface area contributed by atoms with Crippen molar-refractivity contribution in [2.75, 3.05) is 11.9 Å². The van der Waals surface area contributed by atoms with Crippen LogP contribution in [-0.2, 0) is 0 Å². The molecule has 1 amide bonds. The van der Waals surface area contributed by atoms with Gasteiger partial charge in [0.1, 0.15) is 5.82 Å². The Bertz CT molecular complexity index is 427. The first kappa shape index (κ1) is 14.8. The van der Waals surface area contributed by atoms with Gasteiger partial charge in [-0.25, -0.2) is 4.98 Å². The van der Waals surface area contributed by atoms with Crippen molar-refractivity contribution in [1.29, 1.82) is 0 Å². The van der Waals surface area contributed by atoms with E-state index in [1.54, 1.807) is 12.3 Å². The molecule has 1 heterocycles. The zero-order valence-corrected chi connectivity index (χ0v) is 12.3. The number of hydrogen-bond donors (Lipinski definition) is 2. The molecule has 110 valence electrons. The fourth-order valence-electron chi connectivity index (χ4n) is 2.61. The van der Waals surface area contributed by atoms with E-state index in [1.807, 2.05) is 6.07 Å². The van der Waals surface area contributed by atoms with Gasteiger partial charge >= 0.3 is 0 Å². The minimum atomic E-state index is -0.00187. The van der Waals surface area contributed by atoms with Crippen molar-refractivity contribution in [3.8, 4) is 0 Å². The number of anilines is 1. The van der Waals surface area contributed by atoms with Crippen molar-refractivity contribution in [2.45, 2.75) is 57.9 Å². The minimum absolute atomic E-state index is 0.00187. The summed E-state index contributed by atoms with van der Waals surface area (Å²) >= 11 is 0. The van der Waals surface area contributed by atoms with E-state index in [0.29, 0.717) is 11.6 Å². The van der Waals surface area contributed by atoms with E-state index in [0.717, 1.165) is 25.2 Å². The predicted molar refractivity (Wildman–Crippen MR) is 82.0 cm³/mol. The van der Waals surface area contributed by atoms with Gasteiger partial charge in [0, 0.05) is 24.3 Å². The average molecular weight is 275 g/mol. The second-order valence-corrected chi connectivity index (χ2v) is 5.52. The molecule has 0 saturated heterocycles. The Morgan fingerprint density at radius 2 is 2.15 bits per heavy atom. The van der Waals surface area contributed by atoms with Crippen LogP contribution < -0.4 is 10.6 Å². The molecule has 1 fully saturated rings. The van der Waals surface area contributed by atoms with Crippen LogP contribution >= 0.6 is 0 Å². The third kappa shape index (κ3) is 4.51. The number of aromatic nitrogens is 1. The van der Waals surface area contributed by atoms with Gasteiger partial charge in [-0.15, -0.1) is 0 Å². The summed E-state index contributed by atoms with van der Waals surface area (Å²) in [5.74, 6) is 0.816. The van der Waals surface area contributed by atoms with E-state index in [9.17, 15) is 4.79 Å². The molecule has 0 bridgehead atoms. The number of pyridine rings is 1. The molecule has 20 heavy (non-hydrogen) atoms. The summed E-state index contributed by atoms with van der Waals surface area (Å²) in [5, 5.41) is 6.38. The molecule has 2 rings (SSSR count). The van der Waals surface area contributed by atoms with Gasteiger partial charge in [0.15, 0.2) is 0 Å². The SMILES string of the molecule is CCCCCNC(=O)c1ccnc(NC2CCCC2)c1. The van der Waals surface area contributed by atoms with Crippen LogP contribution in [0.1, 0.15) is 62.2 Å². The molecule has 2 N–H and O–H groups in total. The van der Waals surface area contributed by atoms with Crippen LogP contribution in [0.15, 0.2) is 18.3 Å². The third-order valence-corrected chi connectivity index (χ3v) is 3.80. The van der Waals surface area contributed by atoms with Crippen molar-refractivity contribution >= 4 is 11.7 Å². The van der Waals surface area contributed by atoms with Crippen LogP contribution in [0.5, 0.6) is 0 Å². The van der Waals surface area contributed by atoms with Crippen LogP contribution in [0.25, 0.3) is 0 Å². The van der Waals surface area contributed by atoms with Crippen molar-refractivity contribution in [3.05, 3.63) is 23.9 Å². The predicted octanol–water partition coefficient (Wildman–Crippen LogP) is 3.36. The topological polar surface area (TPSA) is 54.0 Å². The lowest BCUT2D eigenvalue weighted by Crippen LogP contribution is -2.24. The molecule has 1 aliphatic rings. The first-order valence-electron chi connectivity index (χ1n) is 7.80. The Labute approximate surface area is 121 Å². The molecule has 0 aromatic carbocycles. The van der Waals surface area contributed by atoms with Crippen LogP contribution in [0.4, 0.5) is 5.82 Å². The first-order chi connectivity index (χ1) is 9.79. The molecule has 0 atom stereocenters. The zero-order valence-electron chi connectivity index (χ0n) is 12.3. The number of amides is 1. The minimum Gasteiger partial charge on any atom is -0.367 e.